The number of anilines is 1. The van der Waals surface area contributed by atoms with Crippen LogP contribution in [0, 0.1) is 0 Å². The highest BCUT2D eigenvalue weighted by Gasteiger charge is 2.11. The Morgan fingerprint density at radius 1 is 1.32 bits per heavy atom. The van der Waals surface area contributed by atoms with E-state index in [2.05, 4.69) is 35.9 Å². The number of hydrogen-bond donors (Lipinski definition) is 1. The minimum atomic E-state index is -0.328. The van der Waals surface area contributed by atoms with Gasteiger partial charge in [0.05, 0.1) is 11.2 Å². The number of pyridine rings is 1. The van der Waals surface area contributed by atoms with Gasteiger partial charge >= 0.3 is 0 Å². The van der Waals surface area contributed by atoms with E-state index in [9.17, 15) is 4.79 Å². The maximum atomic E-state index is 11.9. The number of benzene rings is 1. The van der Waals surface area contributed by atoms with Crippen LogP contribution in [0.4, 0.5) is 5.69 Å². The minimum Gasteiger partial charge on any atom is -0.364 e. The molecule has 0 bridgehead atoms. The second-order valence-corrected chi connectivity index (χ2v) is 4.79. The van der Waals surface area contributed by atoms with Crippen LogP contribution < -0.4 is 5.32 Å². The van der Waals surface area contributed by atoms with Crippen molar-refractivity contribution in [2.24, 2.45) is 0 Å². The number of carbonyl (C=O) groups excluding carboxylic acids is 1. The molecule has 0 fully saturated rings. The summed E-state index contributed by atoms with van der Waals surface area (Å²) in [6.07, 6.45) is 3.04. The zero-order valence-electron chi connectivity index (χ0n) is 9.63. The molecule has 19 heavy (non-hydrogen) atoms. The average Bonchev–Trinajstić information content (AvgIpc) is 2.92. The number of halogens is 1. The third-order valence-electron chi connectivity index (χ3n) is 2.60. The van der Waals surface area contributed by atoms with Crippen LogP contribution in [0.5, 0.6) is 0 Å². The Hall–Kier alpha value is -2.21. The van der Waals surface area contributed by atoms with Crippen molar-refractivity contribution >= 4 is 38.4 Å². The van der Waals surface area contributed by atoms with E-state index in [0.29, 0.717) is 5.69 Å². The maximum absolute atomic E-state index is 11.9. The van der Waals surface area contributed by atoms with Gasteiger partial charge in [-0.15, -0.1) is 0 Å². The van der Waals surface area contributed by atoms with Crippen molar-refractivity contribution in [2.45, 2.75) is 0 Å². The molecule has 0 saturated heterocycles. The molecule has 3 aromatic rings. The summed E-state index contributed by atoms with van der Waals surface area (Å²) in [7, 11) is 0. The summed E-state index contributed by atoms with van der Waals surface area (Å²) in [6.45, 7) is 0. The van der Waals surface area contributed by atoms with Crippen molar-refractivity contribution in [3.05, 3.63) is 53.0 Å². The van der Waals surface area contributed by atoms with E-state index in [1.807, 2.05) is 18.2 Å². The van der Waals surface area contributed by atoms with E-state index in [1.165, 1.54) is 12.3 Å². The van der Waals surface area contributed by atoms with Gasteiger partial charge in [-0.25, -0.2) is 0 Å². The highest BCUT2D eigenvalue weighted by molar-refractivity contribution is 9.10. The van der Waals surface area contributed by atoms with Crippen LogP contribution in [0.3, 0.4) is 0 Å². The smallest absolute Gasteiger partial charge is 0.277 e. The molecule has 0 saturated carbocycles. The molecular formula is C13H8BrN3O2. The van der Waals surface area contributed by atoms with Crippen LogP contribution in [-0.2, 0) is 0 Å². The number of fused-ring (bicyclic) bond motifs is 1. The first-order chi connectivity index (χ1) is 9.24. The fraction of sp³-hybridized carbons (Fsp3) is 0. The highest BCUT2D eigenvalue weighted by Crippen LogP contribution is 2.24. The predicted octanol–water partition coefficient (Wildman–Crippen LogP) is 3.24. The molecule has 0 atom stereocenters. The topological polar surface area (TPSA) is 68.0 Å². The normalized spacial score (nSPS) is 10.6. The predicted molar refractivity (Wildman–Crippen MR) is 73.9 cm³/mol. The van der Waals surface area contributed by atoms with E-state index >= 15 is 0 Å². The first kappa shape index (κ1) is 11.9. The third kappa shape index (κ3) is 2.34. The number of hydrogen-bond acceptors (Lipinski definition) is 4. The molecule has 6 heteroatoms. The van der Waals surface area contributed by atoms with Crippen LogP contribution in [0.25, 0.3) is 10.9 Å². The van der Waals surface area contributed by atoms with Crippen LogP contribution >= 0.6 is 15.9 Å². The number of para-hydroxylation sites is 1. The first-order valence-corrected chi connectivity index (χ1v) is 6.29. The van der Waals surface area contributed by atoms with Crippen molar-refractivity contribution in [1.29, 1.82) is 0 Å². The van der Waals surface area contributed by atoms with Gasteiger partial charge in [-0.1, -0.05) is 17.3 Å². The number of rotatable bonds is 2. The van der Waals surface area contributed by atoms with Crippen molar-refractivity contribution in [1.82, 2.24) is 10.1 Å². The quantitative estimate of drug-likeness (QED) is 0.787. The molecule has 0 aliphatic rings. The number of nitrogens with one attached hydrogen (secondary N) is 1. The van der Waals surface area contributed by atoms with Gasteiger partial charge in [0.25, 0.3) is 5.91 Å². The van der Waals surface area contributed by atoms with Gasteiger partial charge in [-0.3, -0.25) is 9.78 Å². The average molecular weight is 318 g/mol. The van der Waals surface area contributed by atoms with E-state index < -0.39 is 0 Å². The lowest BCUT2D eigenvalue weighted by atomic mass is 10.2. The Bertz CT molecular complexity index is 741. The summed E-state index contributed by atoms with van der Waals surface area (Å²) < 4.78 is 5.53. The Morgan fingerprint density at radius 3 is 3.00 bits per heavy atom. The molecule has 3 rings (SSSR count). The SMILES string of the molecule is O=C(Nc1cccc2cc(Br)cnc12)c1ccon1. The van der Waals surface area contributed by atoms with E-state index in [1.54, 1.807) is 12.3 Å². The van der Waals surface area contributed by atoms with E-state index in [0.717, 1.165) is 15.4 Å². The molecule has 1 N–H and O–H groups in total. The summed E-state index contributed by atoms with van der Waals surface area (Å²) in [4.78, 5) is 16.2. The van der Waals surface area contributed by atoms with Gasteiger partial charge in [0, 0.05) is 22.1 Å². The molecule has 0 unspecified atom stereocenters. The molecule has 0 spiro atoms. The summed E-state index contributed by atoms with van der Waals surface area (Å²) in [5.74, 6) is -0.328. The zero-order valence-corrected chi connectivity index (χ0v) is 11.2. The van der Waals surface area contributed by atoms with Crippen LogP contribution in [0.15, 0.2) is 51.8 Å². The molecule has 0 radical (unpaired) electrons. The summed E-state index contributed by atoms with van der Waals surface area (Å²) in [5, 5.41) is 7.30. The first-order valence-electron chi connectivity index (χ1n) is 5.50. The van der Waals surface area contributed by atoms with Gasteiger partial charge in [0.2, 0.25) is 0 Å². The fourth-order valence-electron chi connectivity index (χ4n) is 1.75. The lowest BCUT2D eigenvalue weighted by Crippen LogP contribution is -2.12. The third-order valence-corrected chi connectivity index (χ3v) is 3.03. The van der Waals surface area contributed by atoms with Crippen molar-refractivity contribution in [3.63, 3.8) is 0 Å². The summed E-state index contributed by atoms with van der Waals surface area (Å²) in [5.41, 5.74) is 1.59. The maximum Gasteiger partial charge on any atom is 0.277 e. The van der Waals surface area contributed by atoms with E-state index in [4.69, 9.17) is 0 Å². The molecular weight excluding hydrogens is 310 g/mol. The zero-order chi connectivity index (χ0) is 13.2. The lowest BCUT2D eigenvalue weighted by Gasteiger charge is -2.06. The number of nitrogens with zero attached hydrogens (tertiary/aromatic N) is 2. The second-order valence-electron chi connectivity index (χ2n) is 3.87. The van der Waals surface area contributed by atoms with Gasteiger partial charge in [-0.2, -0.15) is 0 Å². The highest BCUT2D eigenvalue weighted by atomic mass is 79.9. The van der Waals surface area contributed by atoms with Crippen LogP contribution in [0.2, 0.25) is 0 Å². The number of aromatic nitrogens is 2. The molecule has 0 aliphatic carbocycles. The molecule has 94 valence electrons. The Kier molecular flexibility index (Phi) is 3.00. The molecule has 5 nitrogen and oxygen atoms in total. The fourth-order valence-corrected chi connectivity index (χ4v) is 2.10. The van der Waals surface area contributed by atoms with Crippen molar-refractivity contribution in [2.75, 3.05) is 5.32 Å². The summed E-state index contributed by atoms with van der Waals surface area (Å²) in [6, 6.07) is 9.02. The van der Waals surface area contributed by atoms with Crippen LogP contribution in [-0.4, -0.2) is 16.0 Å². The molecule has 0 aliphatic heterocycles. The molecule has 1 amide bonds. The monoisotopic (exact) mass is 317 g/mol. The van der Waals surface area contributed by atoms with Crippen molar-refractivity contribution in [3.8, 4) is 0 Å². The number of carbonyl (C=O) groups is 1. The number of amides is 1. The van der Waals surface area contributed by atoms with Crippen molar-refractivity contribution < 1.29 is 9.32 Å². The largest absolute Gasteiger partial charge is 0.364 e. The van der Waals surface area contributed by atoms with E-state index in [-0.39, 0.29) is 11.6 Å². The Morgan fingerprint density at radius 2 is 2.21 bits per heavy atom. The summed E-state index contributed by atoms with van der Waals surface area (Å²) >= 11 is 3.37. The molecule has 1 aromatic carbocycles. The van der Waals surface area contributed by atoms with Gasteiger partial charge in [0.15, 0.2) is 5.69 Å². The molecule has 2 aromatic heterocycles. The minimum absolute atomic E-state index is 0.231. The second kappa shape index (κ2) is 4.81. The molecule has 2 heterocycles. The van der Waals surface area contributed by atoms with Gasteiger partial charge < -0.3 is 9.84 Å². The standard InChI is InChI=1S/C13H8BrN3O2/c14-9-6-8-2-1-3-10(12(8)15-7-9)16-13(18)11-4-5-19-17-11/h1-7H,(H,16,18). The Labute approximate surface area is 116 Å². The van der Waals surface area contributed by atoms with Crippen LogP contribution in [0.1, 0.15) is 10.5 Å². The van der Waals surface area contributed by atoms with Gasteiger partial charge in [0.1, 0.15) is 6.26 Å². The Balaban J connectivity index is 1.99. The van der Waals surface area contributed by atoms with Gasteiger partial charge in [-0.05, 0) is 28.1 Å². The lowest BCUT2D eigenvalue weighted by molar-refractivity contribution is 0.101.